The van der Waals surface area contributed by atoms with Gasteiger partial charge in [-0.15, -0.1) is 0 Å². The van der Waals surface area contributed by atoms with Crippen molar-refractivity contribution in [3.63, 3.8) is 0 Å². The fraction of sp³-hybridized carbons (Fsp3) is 0.200. The van der Waals surface area contributed by atoms with Crippen LogP contribution in [-0.4, -0.2) is 10.9 Å². The Kier molecular flexibility index (Phi) is 3.80. The van der Waals surface area contributed by atoms with Gasteiger partial charge in [0, 0.05) is 0 Å². The lowest BCUT2D eigenvalue weighted by molar-refractivity contribution is 0.0935. The van der Waals surface area contributed by atoms with E-state index in [4.69, 9.17) is 5.73 Å². The Bertz CT molecular complexity index is 578. The Morgan fingerprint density at radius 1 is 1.32 bits per heavy atom. The van der Waals surface area contributed by atoms with E-state index in [1.807, 2.05) is 32.0 Å². The van der Waals surface area contributed by atoms with Gasteiger partial charge in [0.05, 0.1) is 17.9 Å². The number of aryl methyl sites for hydroxylation is 1. The normalized spacial score (nSPS) is 11.9. The van der Waals surface area contributed by atoms with Crippen LogP contribution in [0.1, 0.15) is 34.6 Å². The summed E-state index contributed by atoms with van der Waals surface area (Å²) in [4.78, 5) is 16.0. The standard InChI is InChI=1S/C15H17N3O/c1-10-4-3-5-12(8-10)11(2)18-15(19)14-7-6-13(16)9-17-14/h3-9,11H,16H2,1-2H3,(H,18,19)/t11-/m1/s1. The molecule has 0 fully saturated rings. The molecule has 1 aromatic carbocycles. The zero-order chi connectivity index (χ0) is 13.8. The van der Waals surface area contributed by atoms with Crippen LogP contribution in [0.2, 0.25) is 0 Å². The minimum Gasteiger partial charge on any atom is -0.397 e. The number of carbonyl (C=O) groups is 1. The van der Waals surface area contributed by atoms with Crippen molar-refractivity contribution in [1.29, 1.82) is 0 Å². The van der Waals surface area contributed by atoms with Crippen LogP contribution in [0.25, 0.3) is 0 Å². The highest BCUT2D eigenvalue weighted by Gasteiger charge is 2.12. The van der Waals surface area contributed by atoms with Gasteiger partial charge in [-0.1, -0.05) is 29.8 Å². The third kappa shape index (κ3) is 3.31. The summed E-state index contributed by atoms with van der Waals surface area (Å²) in [5, 5.41) is 2.92. The van der Waals surface area contributed by atoms with Crippen LogP contribution in [-0.2, 0) is 0 Å². The van der Waals surface area contributed by atoms with Crippen molar-refractivity contribution in [2.45, 2.75) is 19.9 Å². The topological polar surface area (TPSA) is 68.0 Å². The number of rotatable bonds is 3. The fourth-order valence-corrected chi connectivity index (χ4v) is 1.83. The molecule has 0 saturated carbocycles. The summed E-state index contributed by atoms with van der Waals surface area (Å²) in [6.07, 6.45) is 1.48. The number of anilines is 1. The van der Waals surface area contributed by atoms with Gasteiger partial charge in [0.2, 0.25) is 0 Å². The molecule has 0 bridgehead atoms. The van der Waals surface area contributed by atoms with E-state index in [9.17, 15) is 4.79 Å². The predicted molar refractivity (Wildman–Crippen MR) is 75.7 cm³/mol. The van der Waals surface area contributed by atoms with E-state index in [-0.39, 0.29) is 11.9 Å². The number of nitrogens with zero attached hydrogens (tertiary/aromatic N) is 1. The van der Waals surface area contributed by atoms with Gasteiger partial charge in [-0.3, -0.25) is 4.79 Å². The first kappa shape index (κ1) is 13.1. The number of pyridine rings is 1. The zero-order valence-electron chi connectivity index (χ0n) is 11.1. The number of aromatic nitrogens is 1. The molecule has 19 heavy (non-hydrogen) atoms. The Hall–Kier alpha value is -2.36. The van der Waals surface area contributed by atoms with Crippen molar-refractivity contribution in [2.24, 2.45) is 0 Å². The third-order valence-electron chi connectivity index (χ3n) is 2.91. The van der Waals surface area contributed by atoms with E-state index in [2.05, 4.69) is 16.4 Å². The molecule has 2 rings (SSSR count). The Labute approximate surface area is 112 Å². The zero-order valence-corrected chi connectivity index (χ0v) is 11.1. The van der Waals surface area contributed by atoms with Crippen LogP contribution < -0.4 is 11.1 Å². The lowest BCUT2D eigenvalue weighted by Crippen LogP contribution is -2.27. The van der Waals surface area contributed by atoms with E-state index in [0.717, 1.165) is 5.56 Å². The summed E-state index contributed by atoms with van der Waals surface area (Å²) in [5.41, 5.74) is 8.70. The van der Waals surface area contributed by atoms with Crippen LogP contribution in [0, 0.1) is 6.92 Å². The number of hydrogen-bond donors (Lipinski definition) is 2. The van der Waals surface area contributed by atoms with Crippen LogP contribution in [0.5, 0.6) is 0 Å². The summed E-state index contributed by atoms with van der Waals surface area (Å²) in [5.74, 6) is -0.200. The molecule has 1 aromatic heterocycles. The highest BCUT2D eigenvalue weighted by Crippen LogP contribution is 2.14. The van der Waals surface area contributed by atoms with Gasteiger partial charge in [0.1, 0.15) is 5.69 Å². The number of carbonyl (C=O) groups excluding carboxylic acids is 1. The van der Waals surface area contributed by atoms with E-state index in [0.29, 0.717) is 11.4 Å². The molecule has 1 amide bonds. The first-order chi connectivity index (χ1) is 9.06. The molecular weight excluding hydrogens is 238 g/mol. The van der Waals surface area contributed by atoms with Crippen molar-refractivity contribution in [1.82, 2.24) is 10.3 Å². The number of nitrogen functional groups attached to an aromatic ring is 1. The maximum atomic E-state index is 12.0. The van der Waals surface area contributed by atoms with Gasteiger partial charge in [0.25, 0.3) is 5.91 Å². The summed E-state index contributed by atoms with van der Waals surface area (Å²) in [7, 11) is 0. The molecule has 2 aromatic rings. The second-order valence-electron chi connectivity index (χ2n) is 4.59. The predicted octanol–water partition coefficient (Wildman–Crippen LogP) is 2.46. The summed E-state index contributed by atoms with van der Waals surface area (Å²) >= 11 is 0. The molecule has 1 heterocycles. The van der Waals surface area contributed by atoms with Crippen molar-refractivity contribution in [2.75, 3.05) is 5.73 Å². The summed E-state index contributed by atoms with van der Waals surface area (Å²) in [6, 6.07) is 11.3. The molecule has 3 N–H and O–H groups in total. The number of nitrogens with one attached hydrogen (secondary N) is 1. The fourth-order valence-electron chi connectivity index (χ4n) is 1.83. The Balaban J connectivity index is 2.08. The highest BCUT2D eigenvalue weighted by atomic mass is 16.1. The van der Waals surface area contributed by atoms with Gasteiger partial charge in [-0.25, -0.2) is 4.98 Å². The quantitative estimate of drug-likeness (QED) is 0.885. The molecule has 0 aliphatic heterocycles. The molecule has 0 spiro atoms. The average Bonchev–Trinajstić information content (AvgIpc) is 2.39. The molecule has 98 valence electrons. The van der Waals surface area contributed by atoms with Crippen LogP contribution in [0.15, 0.2) is 42.6 Å². The molecule has 4 heteroatoms. The van der Waals surface area contributed by atoms with Crippen molar-refractivity contribution >= 4 is 11.6 Å². The highest BCUT2D eigenvalue weighted by molar-refractivity contribution is 5.92. The summed E-state index contributed by atoms with van der Waals surface area (Å²) < 4.78 is 0. The van der Waals surface area contributed by atoms with Crippen LogP contribution >= 0.6 is 0 Å². The molecule has 0 aliphatic rings. The number of benzene rings is 1. The van der Waals surface area contributed by atoms with Gasteiger partial charge in [-0.2, -0.15) is 0 Å². The lowest BCUT2D eigenvalue weighted by Gasteiger charge is -2.14. The van der Waals surface area contributed by atoms with Crippen molar-refractivity contribution in [3.8, 4) is 0 Å². The molecule has 1 atom stereocenters. The maximum Gasteiger partial charge on any atom is 0.270 e. The lowest BCUT2D eigenvalue weighted by atomic mass is 10.1. The summed E-state index contributed by atoms with van der Waals surface area (Å²) in [6.45, 7) is 3.98. The molecule has 0 aliphatic carbocycles. The molecule has 0 saturated heterocycles. The van der Waals surface area contributed by atoms with Gasteiger partial charge in [0.15, 0.2) is 0 Å². The second-order valence-corrected chi connectivity index (χ2v) is 4.59. The first-order valence-electron chi connectivity index (χ1n) is 6.15. The molecule has 0 radical (unpaired) electrons. The van der Waals surface area contributed by atoms with Crippen molar-refractivity contribution in [3.05, 3.63) is 59.4 Å². The van der Waals surface area contributed by atoms with Gasteiger partial charge >= 0.3 is 0 Å². The Morgan fingerprint density at radius 2 is 2.11 bits per heavy atom. The third-order valence-corrected chi connectivity index (χ3v) is 2.91. The smallest absolute Gasteiger partial charge is 0.270 e. The number of amides is 1. The minimum atomic E-state index is -0.200. The monoisotopic (exact) mass is 255 g/mol. The maximum absolute atomic E-state index is 12.0. The molecule has 0 unspecified atom stereocenters. The molecular formula is C15H17N3O. The van der Waals surface area contributed by atoms with E-state index < -0.39 is 0 Å². The van der Waals surface area contributed by atoms with E-state index in [1.54, 1.807) is 12.1 Å². The van der Waals surface area contributed by atoms with Crippen molar-refractivity contribution < 1.29 is 4.79 Å². The number of hydrogen-bond acceptors (Lipinski definition) is 3. The minimum absolute atomic E-state index is 0.0632. The average molecular weight is 255 g/mol. The van der Waals surface area contributed by atoms with Crippen LogP contribution in [0.4, 0.5) is 5.69 Å². The SMILES string of the molecule is Cc1cccc([C@@H](C)NC(=O)c2ccc(N)cn2)c1. The Morgan fingerprint density at radius 3 is 2.74 bits per heavy atom. The first-order valence-corrected chi connectivity index (χ1v) is 6.15. The second kappa shape index (κ2) is 5.52. The largest absolute Gasteiger partial charge is 0.397 e. The number of nitrogens with two attached hydrogens (primary N) is 1. The van der Waals surface area contributed by atoms with E-state index in [1.165, 1.54) is 11.8 Å². The van der Waals surface area contributed by atoms with Crippen LogP contribution in [0.3, 0.4) is 0 Å². The van der Waals surface area contributed by atoms with Gasteiger partial charge in [-0.05, 0) is 31.5 Å². The van der Waals surface area contributed by atoms with E-state index >= 15 is 0 Å². The van der Waals surface area contributed by atoms with Gasteiger partial charge < -0.3 is 11.1 Å². The molecule has 4 nitrogen and oxygen atoms in total.